The Kier molecular flexibility index (Phi) is 9.87. The summed E-state index contributed by atoms with van der Waals surface area (Å²) in [5.41, 5.74) is 11.7. The van der Waals surface area contributed by atoms with Crippen LogP contribution >= 0.6 is 0 Å². The lowest BCUT2D eigenvalue weighted by molar-refractivity contribution is 0.866. The Balaban J connectivity index is 1.46. The predicted molar refractivity (Wildman–Crippen MR) is 198 cm³/mol. The number of benzene rings is 6. The second kappa shape index (κ2) is 14.9. The Hall–Kier alpha value is -5.60. The second-order valence-electron chi connectivity index (χ2n) is 11.2. The van der Waals surface area contributed by atoms with E-state index in [1.165, 1.54) is 33.5 Å². The lowest BCUT2D eigenvalue weighted by atomic mass is 9.93. The maximum absolute atomic E-state index is 2.38. The molecule has 0 atom stereocenters. The highest BCUT2D eigenvalue weighted by atomic mass is 15.1. The zero-order valence-corrected chi connectivity index (χ0v) is 26.6. The maximum Gasteiger partial charge on any atom is 0.0462 e. The highest BCUT2D eigenvalue weighted by Gasteiger charge is 2.14. The Morgan fingerprint density at radius 2 is 0.674 bits per heavy atom. The first kappa shape index (κ1) is 30.4. The molecule has 0 aliphatic carbocycles. The van der Waals surface area contributed by atoms with Crippen LogP contribution in [-0.2, 0) is 0 Å². The van der Waals surface area contributed by atoms with Gasteiger partial charge >= 0.3 is 0 Å². The summed E-state index contributed by atoms with van der Waals surface area (Å²) in [6.45, 7) is 6.38. The van der Waals surface area contributed by atoms with Gasteiger partial charge in [0, 0.05) is 35.8 Å². The number of hydrogen-bond donors (Lipinski definition) is 0. The van der Waals surface area contributed by atoms with Gasteiger partial charge in [-0.05, 0) is 95.8 Å². The summed E-state index contributed by atoms with van der Waals surface area (Å²) in [6.07, 6.45) is 4.55. The van der Waals surface area contributed by atoms with Gasteiger partial charge in [0.25, 0.3) is 0 Å². The predicted octanol–water partition coefficient (Wildman–Crippen LogP) is 11.6. The van der Waals surface area contributed by atoms with Crippen LogP contribution in [0.2, 0.25) is 0 Å². The second-order valence-corrected chi connectivity index (χ2v) is 11.2. The molecule has 6 rings (SSSR count). The molecule has 6 aromatic rings. The fourth-order valence-electron chi connectivity index (χ4n) is 5.95. The molecule has 0 spiro atoms. The van der Waals surface area contributed by atoms with Crippen LogP contribution in [0.3, 0.4) is 0 Å². The van der Waals surface area contributed by atoms with Gasteiger partial charge in [0.1, 0.15) is 0 Å². The summed E-state index contributed by atoms with van der Waals surface area (Å²) in [4.78, 5) is 4.68. The molecule has 0 amide bonds. The van der Waals surface area contributed by atoms with Gasteiger partial charge in [-0.2, -0.15) is 0 Å². The molecule has 2 heteroatoms. The lowest BCUT2D eigenvalue weighted by Gasteiger charge is -2.25. The molecular weight excluding hydrogens is 556 g/mol. The summed E-state index contributed by atoms with van der Waals surface area (Å²) in [6, 6.07) is 60.3. The van der Waals surface area contributed by atoms with Crippen molar-refractivity contribution >= 4 is 33.9 Å². The summed E-state index contributed by atoms with van der Waals surface area (Å²) < 4.78 is 0. The molecule has 0 unspecified atom stereocenters. The van der Waals surface area contributed by atoms with E-state index in [2.05, 4.69) is 206 Å². The van der Waals surface area contributed by atoms with Crippen molar-refractivity contribution in [1.82, 2.24) is 0 Å². The van der Waals surface area contributed by atoms with Crippen LogP contribution in [0, 0.1) is 0 Å². The summed E-state index contributed by atoms with van der Waals surface area (Å²) in [5.74, 6) is 0. The number of rotatable bonds is 11. The number of para-hydroxylation sites is 2. The van der Waals surface area contributed by atoms with E-state index in [-0.39, 0.29) is 0 Å². The van der Waals surface area contributed by atoms with E-state index in [1.54, 1.807) is 0 Å². The first-order valence-electron chi connectivity index (χ1n) is 16.1. The fourth-order valence-corrected chi connectivity index (χ4v) is 5.95. The van der Waals surface area contributed by atoms with Gasteiger partial charge < -0.3 is 9.80 Å². The van der Waals surface area contributed by atoms with Crippen LogP contribution in [0.5, 0.6) is 0 Å². The molecule has 0 bridgehead atoms. The van der Waals surface area contributed by atoms with Gasteiger partial charge in [0.2, 0.25) is 0 Å². The van der Waals surface area contributed by atoms with Gasteiger partial charge in [0.15, 0.2) is 0 Å². The molecule has 0 radical (unpaired) electrons. The number of anilines is 4. The molecular formula is C44H40N2. The van der Waals surface area contributed by atoms with Crippen molar-refractivity contribution in [1.29, 1.82) is 0 Å². The Bertz CT molecular complexity index is 1770. The molecule has 0 fully saturated rings. The monoisotopic (exact) mass is 596 g/mol. The highest BCUT2D eigenvalue weighted by Crippen LogP contribution is 2.36. The molecule has 0 N–H and O–H groups in total. The zero-order chi connectivity index (χ0) is 31.6. The quantitative estimate of drug-likeness (QED) is 0.137. The van der Waals surface area contributed by atoms with Crippen molar-refractivity contribution in [3.63, 3.8) is 0 Å². The van der Waals surface area contributed by atoms with Crippen molar-refractivity contribution in [2.45, 2.75) is 13.8 Å². The van der Waals surface area contributed by atoms with Gasteiger partial charge in [0.05, 0.1) is 0 Å². The number of nitrogens with zero attached hydrogens (tertiary/aromatic N) is 2. The third-order valence-electron chi connectivity index (χ3n) is 8.36. The molecule has 0 saturated heterocycles. The Morgan fingerprint density at radius 1 is 0.370 bits per heavy atom. The van der Waals surface area contributed by atoms with Crippen molar-refractivity contribution < 1.29 is 0 Å². The van der Waals surface area contributed by atoms with E-state index in [0.29, 0.717) is 0 Å². The topological polar surface area (TPSA) is 6.48 Å². The van der Waals surface area contributed by atoms with Crippen LogP contribution in [0.4, 0.5) is 22.7 Å². The Morgan fingerprint density at radius 3 is 1.04 bits per heavy atom. The van der Waals surface area contributed by atoms with Crippen LogP contribution in [0.25, 0.3) is 11.1 Å². The normalized spacial score (nSPS) is 11.1. The molecule has 0 aliphatic heterocycles. The number of allylic oxidation sites excluding steroid dienone is 2. The fraction of sp³-hybridized carbons (Fsp3) is 0.0909. The molecule has 46 heavy (non-hydrogen) atoms. The van der Waals surface area contributed by atoms with Crippen molar-refractivity contribution in [2.75, 3.05) is 22.9 Å². The molecule has 226 valence electrons. The van der Waals surface area contributed by atoms with Gasteiger partial charge in [-0.15, -0.1) is 0 Å². The average Bonchev–Trinajstić information content (AvgIpc) is 3.13. The third-order valence-corrected chi connectivity index (χ3v) is 8.36. The molecule has 6 aromatic carbocycles. The van der Waals surface area contributed by atoms with Crippen LogP contribution in [-0.4, -0.2) is 13.1 Å². The molecule has 0 saturated carbocycles. The molecule has 0 aliphatic rings. The van der Waals surface area contributed by atoms with Crippen molar-refractivity contribution in [3.05, 3.63) is 204 Å². The summed E-state index contributed by atoms with van der Waals surface area (Å²) >= 11 is 0. The summed E-state index contributed by atoms with van der Waals surface area (Å²) in [7, 11) is 0. The van der Waals surface area contributed by atoms with E-state index in [0.717, 1.165) is 35.7 Å². The minimum absolute atomic E-state index is 0.986. The standard InChI is InChI=1S/C44H40N2/c1-3-45(4-2)39-29-25-37(26-30-39)44(34-33-43(35-17-9-5-10-18-35)36-19-11-6-12-20-36)38-27-31-42(32-28-38)46(40-21-13-7-14-22-40)41-23-15-8-16-24-41/h5-34H,3-4H2,1-2H3/b44-34-. The van der Waals surface area contributed by atoms with E-state index >= 15 is 0 Å². The highest BCUT2D eigenvalue weighted by molar-refractivity contribution is 5.87. The van der Waals surface area contributed by atoms with E-state index < -0.39 is 0 Å². The minimum Gasteiger partial charge on any atom is -0.372 e. The van der Waals surface area contributed by atoms with Crippen molar-refractivity contribution in [3.8, 4) is 0 Å². The van der Waals surface area contributed by atoms with Crippen molar-refractivity contribution in [2.24, 2.45) is 0 Å². The van der Waals surface area contributed by atoms with Gasteiger partial charge in [-0.3, -0.25) is 0 Å². The van der Waals surface area contributed by atoms with E-state index in [9.17, 15) is 0 Å². The minimum atomic E-state index is 0.986. The van der Waals surface area contributed by atoms with Gasteiger partial charge in [-0.25, -0.2) is 0 Å². The first-order chi connectivity index (χ1) is 22.7. The van der Waals surface area contributed by atoms with E-state index in [4.69, 9.17) is 0 Å². The van der Waals surface area contributed by atoms with Crippen LogP contribution < -0.4 is 9.80 Å². The number of hydrogen-bond acceptors (Lipinski definition) is 2. The lowest BCUT2D eigenvalue weighted by Crippen LogP contribution is -2.21. The third kappa shape index (κ3) is 7.03. The SMILES string of the molecule is CCN(CC)c1ccc(/C(=C/C=C(c2ccccc2)c2ccccc2)c2ccc(N(c3ccccc3)c3ccccc3)cc2)cc1. The van der Waals surface area contributed by atoms with E-state index in [1.807, 2.05) is 0 Å². The van der Waals surface area contributed by atoms with Crippen LogP contribution in [0.15, 0.2) is 182 Å². The molecule has 0 heterocycles. The largest absolute Gasteiger partial charge is 0.372 e. The van der Waals surface area contributed by atoms with Crippen LogP contribution in [0.1, 0.15) is 36.1 Å². The average molecular weight is 597 g/mol. The maximum atomic E-state index is 2.38. The molecule has 2 nitrogen and oxygen atoms in total. The molecule has 0 aromatic heterocycles. The summed E-state index contributed by atoms with van der Waals surface area (Å²) in [5, 5.41) is 0. The smallest absolute Gasteiger partial charge is 0.0462 e. The first-order valence-corrected chi connectivity index (χ1v) is 16.1. The Labute approximate surface area is 274 Å². The van der Waals surface area contributed by atoms with Gasteiger partial charge in [-0.1, -0.05) is 133 Å². The zero-order valence-electron chi connectivity index (χ0n) is 26.6.